The van der Waals surface area contributed by atoms with Crippen LogP contribution in [0.1, 0.15) is 64.4 Å². The van der Waals surface area contributed by atoms with E-state index in [4.69, 9.17) is 14.6 Å². The van der Waals surface area contributed by atoms with Crippen molar-refractivity contribution in [1.82, 2.24) is 19.7 Å². The van der Waals surface area contributed by atoms with Crippen LogP contribution in [0.5, 0.6) is 11.5 Å². The maximum absolute atomic E-state index is 13.8. The lowest BCUT2D eigenvalue weighted by molar-refractivity contribution is -0.142. The number of hydrogen-bond acceptors (Lipinski definition) is 7. The number of fused-ring (bicyclic) bond motifs is 1. The average Bonchev–Trinajstić information content (AvgIpc) is 3.02. The van der Waals surface area contributed by atoms with Crippen molar-refractivity contribution in [3.05, 3.63) is 35.9 Å². The molecule has 2 atom stereocenters. The number of halogens is 3. The first kappa shape index (κ1) is 40.1. The van der Waals surface area contributed by atoms with Crippen LogP contribution in [0.3, 0.4) is 0 Å². The Morgan fingerprint density at radius 3 is 2.15 bits per heavy atom. The summed E-state index contributed by atoms with van der Waals surface area (Å²) in [5, 5.41) is 6.84. The van der Waals surface area contributed by atoms with Gasteiger partial charge in [0, 0.05) is 24.6 Å². The van der Waals surface area contributed by atoms with E-state index in [1.807, 2.05) is 36.9 Å². The molecule has 0 saturated carbocycles. The van der Waals surface area contributed by atoms with E-state index in [1.165, 1.54) is 19.3 Å². The Kier molecular flexibility index (Phi) is 16.6. The van der Waals surface area contributed by atoms with Crippen molar-refractivity contribution in [2.45, 2.75) is 64.8 Å². The number of ether oxygens (including phenoxy) is 2. The first-order chi connectivity index (χ1) is 20.9. The molecule has 2 amide bonds. The van der Waals surface area contributed by atoms with E-state index in [0.29, 0.717) is 38.6 Å². The quantitative estimate of drug-likeness (QED) is 0.283. The van der Waals surface area contributed by atoms with E-state index in [2.05, 4.69) is 36.0 Å². The summed E-state index contributed by atoms with van der Waals surface area (Å²) in [4.78, 5) is 33.6. The average molecular weight is 703 g/mol. The van der Waals surface area contributed by atoms with Gasteiger partial charge >= 0.3 is 0 Å². The molecular weight excluding hydrogens is 649 g/mol. The van der Waals surface area contributed by atoms with E-state index in [9.17, 15) is 9.59 Å². The maximum Gasteiger partial charge on any atom is 0.247 e. The molecule has 9 nitrogen and oxygen atoms in total. The number of rotatable bonds is 11. The van der Waals surface area contributed by atoms with Crippen LogP contribution >= 0.6 is 37.2 Å². The first-order valence-corrected chi connectivity index (χ1v) is 16.5. The second-order valence-corrected chi connectivity index (χ2v) is 12.8. The summed E-state index contributed by atoms with van der Waals surface area (Å²) in [5.41, 5.74) is 1.93. The zero-order valence-corrected chi connectivity index (χ0v) is 30.3. The summed E-state index contributed by atoms with van der Waals surface area (Å²) in [6.07, 6.45) is 11.0. The van der Waals surface area contributed by atoms with Crippen LogP contribution in [0.4, 0.5) is 0 Å². The van der Waals surface area contributed by atoms with Crippen molar-refractivity contribution in [2.75, 3.05) is 66.6 Å². The number of benzene rings is 1. The highest BCUT2D eigenvalue weighted by molar-refractivity contribution is 6.07. The molecule has 2 saturated heterocycles. The minimum Gasteiger partial charge on any atom is -0.490 e. The molecule has 0 radical (unpaired) electrons. The minimum absolute atomic E-state index is 0. The molecule has 1 aromatic carbocycles. The monoisotopic (exact) mass is 701 g/mol. The Morgan fingerprint density at radius 1 is 0.891 bits per heavy atom. The number of likely N-dealkylation sites (tertiary alicyclic amines) is 2. The number of piperidine rings is 2. The van der Waals surface area contributed by atoms with Crippen molar-refractivity contribution >= 4 is 54.7 Å². The van der Waals surface area contributed by atoms with Crippen molar-refractivity contribution in [1.29, 1.82) is 0 Å². The van der Waals surface area contributed by atoms with Gasteiger partial charge in [0.15, 0.2) is 11.5 Å². The van der Waals surface area contributed by atoms with Crippen LogP contribution in [0.25, 0.3) is 0 Å². The van der Waals surface area contributed by atoms with Crippen molar-refractivity contribution < 1.29 is 19.1 Å². The van der Waals surface area contributed by atoms with Gasteiger partial charge in [-0.2, -0.15) is 5.10 Å². The fourth-order valence-electron chi connectivity index (χ4n) is 7.07. The molecule has 1 aliphatic carbocycles. The lowest BCUT2D eigenvalue weighted by Crippen LogP contribution is -2.53. The van der Waals surface area contributed by atoms with Gasteiger partial charge < -0.3 is 19.3 Å². The number of hydrazone groups is 1. The van der Waals surface area contributed by atoms with Gasteiger partial charge in [-0.3, -0.25) is 14.5 Å². The number of allylic oxidation sites excluding steroid dienone is 2. The predicted octanol–water partition coefficient (Wildman–Crippen LogP) is 5.53. The Bertz CT molecular complexity index is 1180. The normalized spacial score (nSPS) is 22.3. The summed E-state index contributed by atoms with van der Waals surface area (Å²) >= 11 is 0. The molecule has 0 unspecified atom stereocenters. The van der Waals surface area contributed by atoms with Gasteiger partial charge in [0.1, 0.15) is 0 Å². The third-order valence-corrected chi connectivity index (χ3v) is 9.59. The molecule has 260 valence electrons. The highest BCUT2D eigenvalue weighted by atomic mass is 35.5. The molecule has 46 heavy (non-hydrogen) atoms. The molecule has 1 aromatic rings. The molecule has 12 heteroatoms. The number of carbonyl (C=O) groups excluding carboxylic acids is 2. The number of amides is 2. The van der Waals surface area contributed by atoms with E-state index >= 15 is 0 Å². The lowest BCUT2D eigenvalue weighted by atomic mass is 9.76. The molecule has 0 aromatic heterocycles. The summed E-state index contributed by atoms with van der Waals surface area (Å²) in [5.74, 6) is 2.48. The fourth-order valence-corrected chi connectivity index (χ4v) is 7.07. The van der Waals surface area contributed by atoms with Crippen molar-refractivity contribution in [3.63, 3.8) is 0 Å². The van der Waals surface area contributed by atoms with Gasteiger partial charge in [0.25, 0.3) is 0 Å². The maximum atomic E-state index is 13.8. The zero-order chi connectivity index (χ0) is 30.3. The van der Waals surface area contributed by atoms with Crippen LogP contribution in [-0.4, -0.2) is 110 Å². The first-order valence-electron chi connectivity index (χ1n) is 16.5. The molecule has 0 N–H and O–H groups in total. The standard InChI is InChI=1S/C34H51N5O4.3ClH/c1-5-42-30-12-11-26(23-31(30)43-6-2)33-28-9-7-8-10-29(28)34(41)39(35-33)27-16-21-38(22-17-27)32(40)24-37-19-14-25(15-20-37)13-18-36(3)4;;;/h7-8,11-12,23,25,27-29H,5-6,9-10,13-22,24H2,1-4H3;3*1H/t28-,29+;;;/m0.../s1. The molecule has 3 heterocycles. The largest absolute Gasteiger partial charge is 0.490 e. The molecular formula is C34H54Cl3N5O4. The van der Waals surface area contributed by atoms with Gasteiger partial charge in [0.2, 0.25) is 11.8 Å². The second kappa shape index (κ2) is 19.1. The third kappa shape index (κ3) is 9.75. The van der Waals surface area contributed by atoms with Crippen molar-refractivity contribution in [2.24, 2.45) is 22.9 Å². The lowest BCUT2D eigenvalue weighted by Gasteiger charge is -2.43. The van der Waals surface area contributed by atoms with Gasteiger partial charge in [-0.1, -0.05) is 12.2 Å². The Labute approximate surface area is 294 Å². The summed E-state index contributed by atoms with van der Waals surface area (Å²) in [6, 6.07) is 6.02. The number of hydrogen-bond donors (Lipinski definition) is 0. The molecule has 2 fully saturated rings. The van der Waals surface area contributed by atoms with Gasteiger partial charge in [-0.05, 0) is 117 Å². The Hall–Kier alpha value is -2.04. The van der Waals surface area contributed by atoms with Crippen LogP contribution < -0.4 is 9.47 Å². The number of carbonyl (C=O) groups is 2. The second-order valence-electron chi connectivity index (χ2n) is 12.8. The van der Waals surface area contributed by atoms with Crippen LogP contribution in [-0.2, 0) is 9.59 Å². The summed E-state index contributed by atoms with van der Waals surface area (Å²) in [6.45, 7) is 10.0. The van der Waals surface area contributed by atoms with Crippen LogP contribution in [0.15, 0.2) is 35.5 Å². The smallest absolute Gasteiger partial charge is 0.247 e. The highest BCUT2D eigenvalue weighted by Gasteiger charge is 2.43. The predicted molar refractivity (Wildman–Crippen MR) is 191 cm³/mol. The fraction of sp³-hybridized carbons (Fsp3) is 0.676. The third-order valence-electron chi connectivity index (χ3n) is 9.59. The van der Waals surface area contributed by atoms with Crippen LogP contribution in [0.2, 0.25) is 0 Å². The van der Waals surface area contributed by atoms with Crippen molar-refractivity contribution in [3.8, 4) is 11.5 Å². The SMILES string of the molecule is CCOc1ccc(C2=NN(C3CCN(C(=O)CN4CCC(CCN(C)C)CC4)CC3)C(=O)[C@@H]3CC=CC[C@H]23)cc1OCC.Cl.Cl.Cl. The summed E-state index contributed by atoms with van der Waals surface area (Å²) in [7, 11) is 4.27. The summed E-state index contributed by atoms with van der Waals surface area (Å²) < 4.78 is 11.7. The van der Waals surface area contributed by atoms with Gasteiger partial charge in [0.05, 0.1) is 37.4 Å². The molecule has 0 bridgehead atoms. The topological polar surface area (TPSA) is 77.9 Å². The van der Waals surface area contributed by atoms with E-state index in [-0.39, 0.29) is 66.9 Å². The van der Waals surface area contributed by atoms with E-state index < -0.39 is 0 Å². The van der Waals surface area contributed by atoms with E-state index in [0.717, 1.165) is 68.3 Å². The molecule has 4 aliphatic rings. The molecule has 5 rings (SSSR count). The zero-order valence-electron chi connectivity index (χ0n) is 27.9. The highest BCUT2D eigenvalue weighted by Crippen LogP contribution is 2.38. The van der Waals surface area contributed by atoms with Gasteiger partial charge in [-0.15, -0.1) is 37.2 Å². The Morgan fingerprint density at radius 2 is 1.52 bits per heavy atom. The minimum atomic E-state index is -0.111. The number of nitrogens with zero attached hydrogens (tertiary/aromatic N) is 5. The molecule has 3 aliphatic heterocycles. The Balaban J connectivity index is 0.00000245. The van der Waals surface area contributed by atoms with Gasteiger partial charge in [-0.25, -0.2) is 5.01 Å². The van der Waals surface area contributed by atoms with Crippen LogP contribution in [0, 0.1) is 17.8 Å². The molecule has 0 spiro atoms. The van der Waals surface area contributed by atoms with E-state index in [1.54, 1.807) is 5.01 Å².